The van der Waals surface area contributed by atoms with Gasteiger partial charge in [0, 0.05) is 23.5 Å². The van der Waals surface area contributed by atoms with Gasteiger partial charge in [0.1, 0.15) is 11.4 Å². The van der Waals surface area contributed by atoms with Crippen LogP contribution in [-0.4, -0.2) is 23.2 Å². The van der Waals surface area contributed by atoms with Crippen molar-refractivity contribution in [1.82, 2.24) is 4.40 Å². The largest absolute Gasteiger partial charge is 0.497 e. The van der Waals surface area contributed by atoms with Gasteiger partial charge in [0.2, 0.25) is 5.78 Å². The van der Waals surface area contributed by atoms with Crippen LogP contribution >= 0.6 is 0 Å². The molecule has 3 N–H and O–H groups in total. The van der Waals surface area contributed by atoms with Crippen LogP contribution in [0.3, 0.4) is 0 Å². The predicted molar refractivity (Wildman–Crippen MR) is 122 cm³/mol. The van der Waals surface area contributed by atoms with Gasteiger partial charge in [0.15, 0.2) is 0 Å². The number of hydrogen-bond acceptors (Lipinski definition) is 4. The molecule has 0 radical (unpaired) electrons. The highest BCUT2D eigenvalue weighted by molar-refractivity contribution is 6.20. The number of hydrogen-bond donors (Lipinski definition) is 2. The smallest absolute Gasteiger partial charge is 0.259 e. The Balaban J connectivity index is 1.80. The van der Waals surface area contributed by atoms with Crippen molar-refractivity contribution in [2.75, 3.05) is 18.2 Å². The number of ketones is 1. The van der Waals surface area contributed by atoms with E-state index in [0.29, 0.717) is 22.5 Å². The van der Waals surface area contributed by atoms with Gasteiger partial charge in [-0.15, -0.1) is 0 Å². The van der Waals surface area contributed by atoms with E-state index in [9.17, 15) is 9.59 Å². The highest BCUT2D eigenvalue weighted by Crippen LogP contribution is 2.30. The number of aryl methyl sites for hydroxylation is 2. The molecule has 0 aliphatic heterocycles. The Labute approximate surface area is 180 Å². The average molecular weight is 413 g/mol. The van der Waals surface area contributed by atoms with E-state index in [1.165, 1.54) is 0 Å². The molecule has 0 atom stereocenters. The van der Waals surface area contributed by atoms with Crippen LogP contribution in [0.15, 0.2) is 66.9 Å². The maximum absolute atomic E-state index is 13.4. The van der Waals surface area contributed by atoms with Crippen molar-refractivity contribution in [2.24, 2.45) is 0 Å². The Kier molecular flexibility index (Phi) is 5.21. The summed E-state index contributed by atoms with van der Waals surface area (Å²) in [6.45, 7) is 3.95. The second-order valence-corrected chi connectivity index (χ2v) is 7.41. The van der Waals surface area contributed by atoms with Crippen molar-refractivity contribution in [3.8, 4) is 5.75 Å². The molecule has 2 heterocycles. The topological polar surface area (TPSA) is 85.8 Å². The molecule has 0 aliphatic rings. The predicted octanol–water partition coefficient (Wildman–Crippen LogP) is 4.63. The second-order valence-electron chi connectivity index (χ2n) is 7.41. The summed E-state index contributed by atoms with van der Waals surface area (Å²) in [7, 11) is 1.56. The number of benzene rings is 2. The number of nitrogens with one attached hydrogen (secondary N) is 1. The van der Waals surface area contributed by atoms with Crippen LogP contribution in [0, 0.1) is 13.8 Å². The SMILES string of the molecule is COc1cccc(NC(=O)c2c(N)c(C(=O)c3ccc(C)c(C)c3)n3ccccc23)c1. The Morgan fingerprint density at radius 3 is 2.52 bits per heavy atom. The number of amides is 1. The number of nitrogens with two attached hydrogens (primary N) is 1. The summed E-state index contributed by atoms with van der Waals surface area (Å²) in [6, 6.07) is 18.0. The van der Waals surface area contributed by atoms with E-state index in [-0.39, 0.29) is 22.7 Å². The number of rotatable bonds is 5. The van der Waals surface area contributed by atoms with Crippen molar-refractivity contribution >= 4 is 28.6 Å². The number of pyridine rings is 1. The quantitative estimate of drug-likeness (QED) is 0.467. The van der Waals surface area contributed by atoms with Gasteiger partial charge in [-0.25, -0.2) is 0 Å². The molecule has 0 saturated carbocycles. The average Bonchev–Trinajstić information content (AvgIpc) is 3.07. The summed E-state index contributed by atoms with van der Waals surface area (Å²) < 4.78 is 6.89. The third-order valence-corrected chi connectivity index (χ3v) is 5.42. The Bertz CT molecular complexity index is 1320. The highest BCUT2D eigenvalue weighted by Gasteiger charge is 2.26. The maximum Gasteiger partial charge on any atom is 0.259 e. The summed E-state index contributed by atoms with van der Waals surface area (Å²) in [4.78, 5) is 26.5. The first-order valence-corrected chi connectivity index (χ1v) is 9.86. The third kappa shape index (κ3) is 3.64. The van der Waals surface area contributed by atoms with Crippen molar-refractivity contribution < 1.29 is 14.3 Å². The summed E-state index contributed by atoms with van der Waals surface area (Å²) in [6.07, 6.45) is 1.74. The van der Waals surface area contributed by atoms with E-state index in [4.69, 9.17) is 10.5 Å². The molecule has 0 bridgehead atoms. The number of ether oxygens (including phenoxy) is 1. The molecular weight excluding hydrogens is 390 g/mol. The van der Waals surface area contributed by atoms with E-state index in [1.807, 2.05) is 26.0 Å². The molecule has 0 saturated heterocycles. The summed E-state index contributed by atoms with van der Waals surface area (Å²) in [5.74, 6) is -0.00561. The molecule has 0 aliphatic carbocycles. The van der Waals surface area contributed by atoms with Gasteiger partial charge < -0.3 is 20.2 Å². The zero-order valence-electron chi connectivity index (χ0n) is 17.6. The highest BCUT2D eigenvalue weighted by atomic mass is 16.5. The van der Waals surface area contributed by atoms with Crippen LogP contribution in [0.4, 0.5) is 11.4 Å². The lowest BCUT2D eigenvalue weighted by Gasteiger charge is -2.07. The van der Waals surface area contributed by atoms with E-state index < -0.39 is 5.91 Å². The van der Waals surface area contributed by atoms with Gasteiger partial charge in [-0.1, -0.05) is 24.3 Å². The maximum atomic E-state index is 13.4. The lowest BCUT2D eigenvalue weighted by Crippen LogP contribution is -2.14. The normalized spacial score (nSPS) is 10.8. The summed E-state index contributed by atoms with van der Waals surface area (Å²) in [5.41, 5.74) is 10.9. The first-order valence-electron chi connectivity index (χ1n) is 9.86. The number of nitrogens with zero attached hydrogens (tertiary/aromatic N) is 1. The van der Waals surface area contributed by atoms with E-state index in [0.717, 1.165) is 11.1 Å². The second kappa shape index (κ2) is 7.99. The molecule has 6 heteroatoms. The molecule has 4 aromatic rings. The minimum absolute atomic E-state index is 0.148. The fraction of sp³-hybridized carbons (Fsp3) is 0.120. The zero-order chi connectivity index (χ0) is 22.1. The van der Waals surface area contributed by atoms with Crippen molar-refractivity contribution in [1.29, 1.82) is 0 Å². The Morgan fingerprint density at radius 1 is 0.968 bits per heavy atom. The summed E-state index contributed by atoms with van der Waals surface area (Å²) in [5, 5.41) is 2.85. The van der Waals surface area contributed by atoms with Crippen LogP contribution in [0.5, 0.6) is 5.75 Å². The molecule has 1 amide bonds. The standard InChI is InChI=1S/C25H23N3O3/c1-15-10-11-17(13-16(15)2)24(29)23-22(26)21(20-9-4-5-12-28(20)23)25(30)27-18-7-6-8-19(14-18)31-3/h4-14H,26H2,1-3H3,(H,27,30). The number of carbonyl (C=O) groups excluding carboxylic acids is 2. The van der Waals surface area contributed by atoms with E-state index >= 15 is 0 Å². The molecule has 6 nitrogen and oxygen atoms in total. The summed E-state index contributed by atoms with van der Waals surface area (Å²) >= 11 is 0. The minimum Gasteiger partial charge on any atom is -0.497 e. The van der Waals surface area contributed by atoms with Crippen molar-refractivity contribution in [3.63, 3.8) is 0 Å². The monoisotopic (exact) mass is 413 g/mol. The Hall–Kier alpha value is -4.06. The first kappa shape index (κ1) is 20.2. The number of nitrogen functional groups attached to an aromatic ring is 1. The molecule has 0 unspecified atom stereocenters. The van der Waals surface area contributed by atoms with Crippen molar-refractivity contribution in [2.45, 2.75) is 13.8 Å². The van der Waals surface area contributed by atoms with Gasteiger partial charge in [-0.05, 0) is 55.3 Å². The number of fused-ring (bicyclic) bond motifs is 1. The molecule has 31 heavy (non-hydrogen) atoms. The number of aromatic nitrogens is 1. The van der Waals surface area contributed by atoms with Crippen LogP contribution in [0.1, 0.15) is 37.5 Å². The number of anilines is 2. The van der Waals surface area contributed by atoms with Gasteiger partial charge >= 0.3 is 0 Å². The van der Waals surface area contributed by atoms with Gasteiger partial charge in [-0.3, -0.25) is 9.59 Å². The van der Waals surface area contributed by atoms with Crippen LogP contribution < -0.4 is 15.8 Å². The fourth-order valence-electron chi connectivity index (χ4n) is 3.61. The van der Waals surface area contributed by atoms with E-state index in [2.05, 4.69) is 5.32 Å². The molecule has 0 spiro atoms. The fourth-order valence-corrected chi connectivity index (χ4v) is 3.61. The van der Waals surface area contributed by atoms with Crippen LogP contribution in [-0.2, 0) is 0 Å². The Morgan fingerprint density at radius 2 is 1.77 bits per heavy atom. The lowest BCUT2D eigenvalue weighted by molar-refractivity contribution is 0.102. The first-order chi connectivity index (χ1) is 14.9. The van der Waals surface area contributed by atoms with Crippen LogP contribution in [0.2, 0.25) is 0 Å². The minimum atomic E-state index is -0.395. The molecule has 156 valence electrons. The molecule has 2 aromatic heterocycles. The lowest BCUT2D eigenvalue weighted by atomic mass is 10.0. The van der Waals surface area contributed by atoms with Crippen molar-refractivity contribution in [3.05, 3.63) is 94.8 Å². The molecule has 0 fully saturated rings. The number of carbonyl (C=O) groups is 2. The third-order valence-electron chi connectivity index (χ3n) is 5.42. The molecule has 2 aromatic carbocycles. The zero-order valence-corrected chi connectivity index (χ0v) is 17.6. The van der Waals surface area contributed by atoms with Gasteiger partial charge in [-0.2, -0.15) is 0 Å². The molecule has 4 rings (SSSR count). The van der Waals surface area contributed by atoms with Crippen LogP contribution in [0.25, 0.3) is 5.52 Å². The number of methoxy groups -OCH3 is 1. The molecular formula is C25H23N3O3. The van der Waals surface area contributed by atoms with Gasteiger partial charge in [0.25, 0.3) is 5.91 Å². The van der Waals surface area contributed by atoms with Gasteiger partial charge in [0.05, 0.1) is 23.9 Å². The van der Waals surface area contributed by atoms with E-state index in [1.54, 1.807) is 66.2 Å².